The Morgan fingerprint density at radius 2 is 1.61 bits per heavy atom. The number of rotatable bonds is 4. The van der Waals surface area contributed by atoms with Crippen molar-refractivity contribution in [2.45, 2.75) is 50.0 Å². The molecular weight excluding hydrogens is 308 g/mol. The molecule has 6 heteroatoms. The van der Waals surface area contributed by atoms with Gasteiger partial charge in [-0.2, -0.15) is 0 Å². The van der Waals surface area contributed by atoms with Crippen LogP contribution in [-0.4, -0.2) is 52.7 Å². The SMILES string of the molecule is O=C(CSc1cc(N2CCCCC2)ncn1)N1CCCCCC1. The van der Waals surface area contributed by atoms with Gasteiger partial charge in [0, 0.05) is 32.2 Å². The van der Waals surface area contributed by atoms with E-state index < -0.39 is 0 Å². The monoisotopic (exact) mass is 334 g/mol. The van der Waals surface area contributed by atoms with E-state index >= 15 is 0 Å². The Morgan fingerprint density at radius 3 is 2.35 bits per heavy atom. The molecule has 2 aliphatic rings. The summed E-state index contributed by atoms with van der Waals surface area (Å²) < 4.78 is 0. The summed E-state index contributed by atoms with van der Waals surface area (Å²) in [6.45, 7) is 3.99. The van der Waals surface area contributed by atoms with Gasteiger partial charge in [0.25, 0.3) is 0 Å². The van der Waals surface area contributed by atoms with Gasteiger partial charge in [-0.15, -0.1) is 0 Å². The Balaban J connectivity index is 1.54. The average Bonchev–Trinajstić information content (AvgIpc) is 2.90. The van der Waals surface area contributed by atoms with E-state index in [2.05, 4.69) is 14.9 Å². The number of hydrogen-bond donors (Lipinski definition) is 0. The molecule has 0 atom stereocenters. The van der Waals surface area contributed by atoms with Gasteiger partial charge < -0.3 is 9.80 Å². The molecule has 0 spiro atoms. The van der Waals surface area contributed by atoms with Gasteiger partial charge in [-0.25, -0.2) is 9.97 Å². The van der Waals surface area contributed by atoms with Crippen molar-refractivity contribution < 1.29 is 4.79 Å². The third-order valence-electron chi connectivity index (χ3n) is 4.61. The molecular formula is C17H26N4OS. The Kier molecular flexibility index (Phi) is 6.13. The van der Waals surface area contributed by atoms with Crippen LogP contribution < -0.4 is 4.90 Å². The van der Waals surface area contributed by atoms with Crippen LogP contribution in [0.2, 0.25) is 0 Å². The molecule has 2 fully saturated rings. The Morgan fingerprint density at radius 1 is 0.957 bits per heavy atom. The third kappa shape index (κ3) is 4.83. The lowest BCUT2D eigenvalue weighted by Crippen LogP contribution is -2.33. The molecule has 0 aromatic carbocycles. The molecule has 3 rings (SSSR count). The Bertz CT molecular complexity index is 511. The van der Waals surface area contributed by atoms with Gasteiger partial charge >= 0.3 is 0 Å². The van der Waals surface area contributed by atoms with Crippen molar-refractivity contribution >= 4 is 23.5 Å². The summed E-state index contributed by atoms with van der Waals surface area (Å²) in [7, 11) is 0. The van der Waals surface area contributed by atoms with Gasteiger partial charge in [0.15, 0.2) is 0 Å². The number of hydrogen-bond acceptors (Lipinski definition) is 5. The van der Waals surface area contributed by atoms with Gasteiger partial charge in [0.05, 0.1) is 5.75 Å². The summed E-state index contributed by atoms with van der Waals surface area (Å²) in [6, 6.07) is 2.03. The summed E-state index contributed by atoms with van der Waals surface area (Å²) in [6.07, 6.45) is 10.2. The first-order valence-electron chi connectivity index (χ1n) is 8.80. The van der Waals surface area contributed by atoms with Crippen LogP contribution in [0.25, 0.3) is 0 Å². The molecule has 126 valence electrons. The van der Waals surface area contributed by atoms with Crippen LogP contribution in [0.15, 0.2) is 17.4 Å². The summed E-state index contributed by atoms with van der Waals surface area (Å²) in [5, 5.41) is 0.906. The maximum atomic E-state index is 12.4. The van der Waals surface area contributed by atoms with Crippen molar-refractivity contribution in [1.82, 2.24) is 14.9 Å². The number of piperidine rings is 1. The fraction of sp³-hybridized carbons (Fsp3) is 0.706. The minimum atomic E-state index is 0.245. The number of carbonyl (C=O) groups is 1. The van der Waals surface area contributed by atoms with Crippen molar-refractivity contribution in [1.29, 1.82) is 0 Å². The second-order valence-electron chi connectivity index (χ2n) is 6.35. The quantitative estimate of drug-likeness (QED) is 0.626. The largest absolute Gasteiger partial charge is 0.356 e. The molecule has 1 aromatic rings. The van der Waals surface area contributed by atoms with Crippen LogP contribution in [-0.2, 0) is 4.79 Å². The van der Waals surface area contributed by atoms with E-state index in [1.54, 1.807) is 6.33 Å². The second kappa shape index (κ2) is 8.52. The maximum Gasteiger partial charge on any atom is 0.232 e. The number of carbonyl (C=O) groups excluding carboxylic acids is 1. The smallest absolute Gasteiger partial charge is 0.232 e. The molecule has 3 heterocycles. The van der Waals surface area contributed by atoms with Crippen molar-refractivity contribution in [2.75, 3.05) is 36.8 Å². The van der Waals surface area contributed by atoms with Crippen LogP contribution in [0.5, 0.6) is 0 Å². The van der Waals surface area contributed by atoms with E-state index in [4.69, 9.17) is 0 Å². The first kappa shape index (κ1) is 16.6. The lowest BCUT2D eigenvalue weighted by molar-refractivity contribution is -0.128. The predicted molar refractivity (Wildman–Crippen MR) is 93.9 cm³/mol. The molecule has 2 saturated heterocycles. The van der Waals surface area contributed by atoms with E-state index in [9.17, 15) is 4.79 Å². The molecule has 0 aliphatic carbocycles. The molecule has 0 N–H and O–H groups in total. The highest BCUT2D eigenvalue weighted by molar-refractivity contribution is 7.99. The zero-order chi connectivity index (χ0) is 15.9. The number of anilines is 1. The van der Waals surface area contributed by atoms with Gasteiger partial charge in [-0.3, -0.25) is 4.79 Å². The van der Waals surface area contributed by atoms with Gasteiger partial charge in [-0.1, -0.05) is 24.6 Å². The fourth-order valence-corrected chi connectivity index (χ4v) is 4.02. The van der Waals surface area contributed by atoms with Gasteiger partial charge in [0.2, 0.25) is 5.91 Å². The highest BCUT2D eigenvalue weighted by atomic mass is 32.2. The average molecular weight is 334 g/mol. The molecule has 1 aromatic heterocycles. The first-order chi connectivity index (χ1) is 11.3. The molecule has 0 radical (unpaired) electrons. The van der Waals surface area contributed by atoms with E-state index in [0.717, 1.165) is 49.9 Å². The van der Waals surface area contributed by atoms with Crippen molar-refractivity contribution in [3.63, 3.8) is 0 Å². The van der Waals surface area contributed by atoms with Crippen molar-refractivity contribution in [3.05, 3.63) is 12.4 Å². The molecule has 2 aliphatic heterocycles. The van der Waals surface area contributed by atoms with E-state index in [1.807, 2.05) is 11.0 Å². The number of likely N-dealkylation sites (tertiary alicyclic amines) is 1. The summed E-state index contributed by atoms with van der Waals surface area (Å²) in [5.41, 5.74) is 0. The zero-order valence-electron chi connectivity index (χ0n) is 13.7. The summed E-state index contributed by atoms with van der Waals surface area (Å²) in [4.78, 5) is 25.4. The summed E-state index contributed by atoms with van der Waals surface area (Å²) >= 11 is 1.54. The number of amides is 1. The zero-order valence-corrected chi connectivity index (χ0v) is 14.6. The van der Waals surface area contributed by atoms with Crippen molar-refractivity contribution in [3.8, 4) is 0 Å². The highest BCUT2D eigenvalue weighted by Gasteiger charge is 2.17. The van der Waals surface area contributed by atoms with Gasteiger partial charge in [0.1, 0.15) is 17.2 Å². The maximum absolute atomic E-state index is 12.4. The molecule has 0 saturated carbocycles. The predicted octanol–water partition coefficient (Wildman–Crippen LogP) is 2.96. The lowest BCUT2D eigenvalue weighted by Gasteiger charge is -2.27. The number of nitrogens with zero attached hydrogens (tertiary/aromatic N) is 4. The molecule has 0 unspecified atom stereocenters. The highest BCUT2D eigenvalue weighted by Crippen LogP contribution is 2.23. The van der Waals surface area contributed by atoms with Crippen LogP contribution in [0.4, 0.5) is 5.82 Å². The first-order valence-corrected chi connectivity index (χ1v) is 9.79. The second-order valence-corrected chi connectivity index (χ2v) is 7.34. The number of aromatic nitrogens is 2. The molecule has 5 nitrogen and oxygen atoms in total. The topological polar surface area (TPSA) is 49.3 Å². The standard InChI is InChI=1S/C17H26N4OS/c22-17(21-10-4-1-2-5-11-21)13-23-16-12-15(18-14-19-16)20-8-6-3-7-9-20/h12,14H,1-11,13H2. The Labute approximate surface area is 142 Å². The van der Waals surface area contributed by atoms with Crippen LogP contribution in [0, 0.1) is 0 Å². The Hall–Kier alpha value is -1.30. The van der Waals surface area contributed by atoms with Crippen LogP contribution in [0.1, 0.15) is 44.9 Å². The van der Waals surface area contributed by atoms with E-state index in [0.29, 0.717) is 5.75 Å². The summed E-state index contributed by atoms with van der Waals surface area (Å²) in [5.74, 6) is 1.73. The fourth-order valence-electron chi connectivity index (χ4n) is 3.25. The van der Waals surface area contributed by atoms with Crippen LogP contribution >= 0.6 is 11.8 Å². The lowest BCUT2D eigenvalue weighted by atomic mass is 10.1. The van der Waals surface area contributed by atoms with Crippen molar-refractivity contribution in [2.24, 2.45) is 0 Å². The van der Waals surface area contributed by atoms with Gasteiger partial charge in [-0.05, 0) is 32.1 Å². The number of thioether (sulfide) groups is 1. The molecule has 1 amide bonds. The van der Waals surface area contributed by atoms with E-state index in [1.165, 1.54) is 43.9 Å². The third-order valence-corrected chi connectivity index (χ3v) is 5.52. The molecule has 0 bridgehead atoms. The van der Waals surface area contributed by atoms with Crippen LogP contribution in [0.3, 0.4) is 0 Å². The normalized spacial score (nSPS) is 19.5. The minimum absolute atomic E-state index is 0.245. The minimum Gasteiger partial charge on any atom is -0.356 e. The molecule has 23 heavy (non-hydrogen) atoms. The van der Waals surface area contributed by atoms with E-state index in [-0.39, 0.29) is 5.91 Å².